The van der Waals surface area contributed by atoms with Gasteiger partial charge in [-0.25, -0.2) is 0 Å². The number of carbonyl (C=O) groups is 1. The minimum Gasteiger partial charge on any atom is -0.394 e. The molecule has 19 nitrogen and oxygen atoms in total. The highest BCUT2D eigenvalue weighted by Crippen LogP contribution is 2.33. The summed E-state index contributed by atoms with van der Waals surface area (Å²) in [6, 6.07) is -1.02. The van der Waals surface area contributed by atoms with Crippen molar-refractivity contribution in [3.05, 3.63) is 85.1 Å². The van der Waals surface area contributed by atoms with Gasteiger partial charge in [0.05, 0.1) is 38.6 Å². The summed E-state index contributed by atoms with van der Waals surface area (Å²) in [5.41, 5.74) is 0. The van der Waals surface area contributed by atoms with Crippen LogP contribution in [0.5, 0.6) is 0 Å². The number of aliphatic hydroxyl groups is 11. The molecular formula is C63H107NO18. The Morgan fingerprint density at radius 1 is 0.451 bits per heavy atom. The Morgan fingerprint density at radius 3 is 1.37 bits per heavy atom. The minimum absolute atomic E-state index is 0.153. The molecule has 0 aromatic rings. The van der Waals surface area contributed by atoms with Crippen LogP contribution in [-0.2, 0) is 33.2 Å². The molecule has 3 fully saturated rings. The van der Waals surface area contributed by atoms with Gasteiger partial charge < -0.3 is 89.9 Å². The molecule has 0 aliphatic carbocycles. The van der Waals surface area contributed by atoms with Gasteiger partial charge >= 0.3 is 0 Å². The van der Waals surface area contributed by atoms with Gasteiger partial charge in [0.1, 0.15) is 73.2 Å². The molecule has 0 saturated carbocycles. The molecule has 1 amide bonds. The minimum atomic E-state index is -1.99. The van der Waals surface area contributed by atoms with Gasteiger partial charge in [0, 0.05) is 6.42 Å². The maximum atomic E-state index is 13.3. The van der Waals surface area contributed by atoms with E-state index in [0.29, 0.717) is 19.3 Å². The lowest BCUT2D eigenvalue weighted by molar-refractivity contribution is -0.379. The van der Waals surface area contributed by atoms with Gasteiger partial charge in [-0.15, -0.1) is 0 Å². The number of hydrogen-bond donors (Lipinski definition) is 12. The molecular weight excluding hydrogens is 1060 g/mol. The van der Waals surface area contributed by atoms with Crippen LogP contribution in [0.25, 0.3) is 0 Å². The first-order valence-corrected chi connectivity index (χ1v) is 30.8. The van der Waals surface area contributed by atoms with Crippen molar-refractivity contribution in [3.8, 4) is 0 Å². The summed E-state index contributed by atoms with van der Waals surface area (Å²) in [4.78, 5) is 13.3. The number of aliphatic hydroxyl groups excluding tert-OH is 11. The van der Waals surface area contributed by atoms with Crippen LogP contribution < -0.4 is 5.32 Å². The molecule has 3 saturated heterocycles. The second-order valence-electron chi connectivity index (χ2n) is 21.8. The van der Waals surface area contributed by atoms with Gasteiger partial charge in [-0.05, 0) is 70.6 Å². The fourth-order valence-electron chi connectivity index (χ4n) is 9.89. The standard InChI is InChI=1S/C63H107NO18/c1-3-5-7-9-11-13-15-17-19-21-22-23-25-26-28-30-32-34-36-38-40-47(68)46(64-51(69)41-39-37-35-33-31-29-27-24-20-18-16-14-12-10-8-6-4-2)45-77-61-57(75)54(72)59(49(43-66)79-61)82-63-58(76)55(73)60(50(44-67)80-63)81-62-56(74)53(71)52(70)48(42-65)78-62/h6,8,12,14,18,20,27,29-30,32-33,35,38,40,46-50,52-63,65-68,70-76H,3-5,7,9-11,13,15-17,19,21-26,28,31,34,36-37,39,41-45H2,1-2H3,(H,64,69)/b8-6-,14-12-,20-18-,29-27-,32-30+,35-33-,40-38+. The number of hydrogen-bond acceptors (Lipinski definition) is 18. The summed E-state index contributed by atoms with van der Waals surface area (Å²) >= 11 is 0. The zero-order chi connectivity index (χ0) is 59.7. The van der Waals surface area contributed by atoms with E-state index in [1.807, 2.05) is 18.2 Å². The first-order valence-electron chi connectivity index (χ1n) is 30.8. The predicted octanol–water partition coefficient (Wildman–Crippen LogP) is 5.98. The topological polar surface area (TPSA) is 307 Å². The lowest BCUT2D eigenvalue weighted by atomic mass is 9.96. The zero-order valence-corrected chi connectivity index (χ0v) is 49.2. The van der Waals surface area contributed by atoms with Crippen molar-refractivity contribution >= 4 is 5.91 Å². The fourth-order valence-corrected chi connectivity index (χ4v) is 9.89. The molecule has 17 unspecified atom stereocenters. The highest BCUT2D eigenvalue weighted by atomic mass is 16.8. The number of carbonyl (C=O) groups excluding carboxylic acids is 1. The van der Waals surface area contributed by atoms with Crippen molar-refractivity contribution in [2.45, 2.75) is 279 Å². The first-order chi connectivity index (χ1) is 39.8. The lowest BCUT2D eigenvalue weighted by Crippen LogP contribution is -2.66. The summed E-state index contributed by atoms with van der Waals surface area (Å²) < 4.78 is 34.2. The van der Waals surface area contributed by atoms with E-state index in [2.05, 4.69) is 79.9 Å². The van der Waals surface area contributed by atoms with Crippen molar-refractivity contribution in [3.63, 3.8) is 0 Å². The zero-order valence-electron chi connectivity index (χ0n) is 49.2. The normalized spacial score (nSPS) is 30.2. The molecule has 3 heterocycles. The predicted molar refractivity (Wildman–Crippen MR) is 314 cm³/mol. The Bertz CT molecular complexity index is 1820. The molecule has 0 radical (unpaired) electrons. The smallest absolute Gasteiger partial charge is 0.220 e. The maximum absolute atomic E-state index is 13.3. The van der Waals surface area contributed by atoms with Crippen LogP contribution in [0.1, 0.15) is 174 Å². The Hall–Kier alpha value is -3.03. The molecule has 3 aliphatic heterocycles. The van der Waals surface area contributed by atoms with Crippen molar-refractivity contribution in [2.75, 3.05) is 26.4 Å². The number of nitrogens with one attached hydrogen (secondary N) is 1. The Morgan fingerprint density at radius 2 is 0.854 bits per heavy atom. The van der Waals surface area contributed by atoms with E-state index in [1.165, 1.54) is 83.5 Å². The van der Waals surface area contributed by atoms with Crippen LogP contribution in [0.3, 0.4) is 0 Å². The number of ether oxygens (including phenoxy) is 6. The van der Waals surface area contributed by atoms with E-state index in [4.69, 9.17) is 28.4 Å². The second kappa shape index (κ2) is 45.3. The van der Waals surface area contributed by atoms with Crippen LogP contribution in [0, 0.1) is 0 Å². The molecule has 472 valence electrons. The van der Waals surface area contributed by atoms with E-state index >= 15 is 0 Å². The van der Waals surface area contributed by atoms with Crippen LogP contribution in [-0.4, -0.2) is 193 Å². The molecule has 0 bridgehead atoms. The van der Waals surface area contributed by atoms with Crippen molar-refractivity contribution < 1.29 is 89.4 Å². The SMILES string of the molecule is CC/C=C\C/C=C\C/C=C\C/C=C\C/C=C\CCCC(=O)NC(COC1OC(CO)C(OC2OC(CO)C(OC3OC(CO)C(O)C(O)C3O)C(O)C2O)C(O)C1O)C(O)/C=C/CC/C=C/CCCCCCCCCCCCCCCC. The summed E-state index contributed by atoms with van der Waals surface area (Å²) in [5.74, 6) is -0.345. The number of allylic oxidation sites excluding steroid dienone is 13. The van der Waals surface area contributed by atoms with E-state index in [1.54, 1.807) is 6.08 Å². The lowest BCUT2D eigenvalue weighted by Gasteiger charge is -2.48. The average molecular weight is 1170 g/mol. The van der Waals surface area contributed by atoms with Gasteiger partial charge in [-0.2, -0.15) is 0 Å². The van der Waals surface area contributed by atoms with Gasteiger partial charge in [-0.3, -0.25) is 4.79 Å². The summed E-state index contributed by atoms with van der Waals surface area (Å²) in [5, 5.41) is 120. The van der Waals surface area contributed by atoms with Crippen LogP contribution in [0.15, 0.2) is 85.1 Å². The summed E-state index contributed by atoms with van der Waals surface area (Å²) in [7, 11) is 0. The van der Waals surface area contributed by atoms with E-state index in [0.717, 1.165) is 51.4 Å². The van der Waals surface area contributed by atoms with Gasteiger partial charge in [0.2, 0.25) is 5.91 Å². The average Bonchev–Trinajstić information content (AvgIpc) is 3.39. The molecule has 3 aliphatic rings. The largest absolute Gasteiger partial charge is 0.394 e. The van der Waals surface area contributed by atoms with Crippen molar-refractivity contribution in [1.82, 2.24) is 5.32 Å². The molecule has 12 N–H and O–H groups in total. The van der Waals surface area contributed by atoms with Gasteiger partial charge in [0.25, 0.3) is 0 Å². The van der Waals surface area contributed by atoms with Crippen LogP contribution in [0.4, 0.5) is 0 Å². The molecule has 19 heteroatoms. The molecule has 0 aromatic carbocycles. The number of rotatable bonds is 44. The molecule has 82 heavy (non-hydrogen) atoms. The third-order valence-electron chi connectivity index (χ3n) is 14.9. The third kappa shape index (κ3) is 28.4. The Balaban J connectivity index is 1.53. The highest BCUT2D eigenvalue weighted by molar-refractivity contribution is 5.76. The second-order valence-corrected chi connectivity index (χ2v) is 21.8. The first kappa shape index (κ1) is 73.2. The molecule has 0 aromatic heterocycles. The van der Waals surface area contributed by atoms with Gasteiger partial charge in [0.15, 0.2) is 18.9 Å². The highest BCUT2D eigenvalue weighted by Gasteiger charge is 2.53. The van der Waals surface area contributed by atoms with E-state index < -0.39 is 131 Å². The van der Waals surface area contributed by atoms with Crippen LogP contribution >= 0.6 is 0 Å². The Labute approximate surface area is 489 Å². The van der Waals surface area contributed by atoms with Crippen molar-refractivity contribution in [1.29, 1.82) is 0 Å². The van der Waals surface area contributed by atoms with E-state index in [-0.39, 0.29) is 12.3 Å². The number of unbranched alkanes of at least 4 members (excludes halogenated alkanes) is 16. The Kier molecular flexibility index (Phi) is 40.5. The monoisotopic (exact) mass is 1170 g/mol. The van der Waals surface area contributed by atoms with Crippen LogP contribution in [0.2, 0.25) is 0 Å². The maximum Gasteiger partial charge on any atom is 0.220 e. The molecule has 17 atom stereocenters. The fraction of sp³-hybridized carbons (Fsp3) is 0.762. The van der Waals surface area contributed by atoms with Crippen molar-refractivity contribution in [2.24, 2.45) is 0 Å². The summed E-state index contributed by atoms with van der Waals surface area (Å²) in [6.45, 7) is 1.53. The number of amides is 1. The third-order valence-corrected chi connectivity index (χ3v) is 14.9. The molecule has 3 rings (SSSR count). The quantitative estimate of drug-likeness (QED) is 0.0247. The van der Waals surface area contributed by atoms with E-state index in [9.17, 15) is 61.0 Å². The van der Waals surface area contributed by atoms with Gasteiger partial charge in [-0.1, -0.05) is 182 Å². The summed E-state index contributed by atoms with van der Waals surface area (Å²) in [6.07, 6.45) is 28.6. The molecule has 0 spiro atoms.